The predicted octanol–water partition coefficient (Wildman–Crippen LogP) is 4.43. The smallest absolute Gasteiger partial charge is 0.234 e. The minimum atomic E-state index is -0.851. The lowest BCUT2D eigenvalue weighted by Gasteiger charge is -2.06. The first-order chi connectivity index (χ1) is 12.5. The number of amides is 1. The van der Waals surface area contributed by atoms with Crippen molar-refractivity contribution in [2.24, 2.45) is 0 Å². The number of hydrogen-bond donors (Lipinski definition) is 2. The first-order valence-electron chi connectivity index (χ1n) is 7.24. The van der Waals surface area contributed by atoms with Crippen molar-refractivity contribution in [3.63, 3.8) is 0 Å². The van der Waals surface area contributed by atoms with Gasteiger partial charge >= 0.3 is 0 Å². The van der Waals surface area contributed by atoms with E-state index in [1.807, 2.05) is 0 Å². The third kappa shape index (κ3) is 4.52. The Morgan fingerprint density at radius 3 is 2.42 bits per heavy atom. The Morgan fingerprint density at radius 1 is 1.00 bits per heavy atom. The van der Waals surface area contributed by atoms with Gasteiger partial charge in [-0.25, -0.2) is 13.2 Å². The van der Waals surface area contributed by atoms with E-state index in [2.05, 4.69) is 20.8 Å². The summed E-state index contributed by atoms with van der Waals surface area (Å²) >= 11 is 2.18. The highest BCUT2D eigenvalue weighted by atomic mass is 32.2. The van der Waals surface area contributed by atoms with E-state index < -0.39 is 29.0 Å². The molecule has 1 aromatic heterocycles. The minimum Gasteiger partial charge on any atom is -0.328 e. The highest BCUT2D eigenvalue weighted by molar-refractivity contribution is 8.01. The number of benzene rings is 2. The van der Waals surface area contributed by atoms with Crippen molar-refractivity contribution in [3.8, 4) is 0 Å². The molecule has 0 radical (unpaired) electrons. The molecule has 3 aromatic rings. The number of hydrogen-bond acceptors (Lipinski definition) is 6. The molecule has 0 unspecified atom stereocenters. The van der Waals surface area contributed by atoms with Crippen molar-refractivity contribution in [2.75, 3.05) is 16.4 Å². The summed E-state index contributed by atoms with van der Waals surface area (Å²) in [5.41, 5.74) is -0.231. The van der Waals surface area contributed by atoms with Gasteiger partial charge in [-0.3, -0.25) is 4.79 Å². The van der Waals surface area contributed by atoms with Gasteiger partial charge < -0.3 is 10.6 Å². The van der Waals surface area contributed by atoms with Crippen LogP contribution < -0.4 is 10.6 Å². The molecule has 10 heteroatoms. The molecule has 2 N–H and O–H groups in total. The van der Waals surface area contributed by atoms with Crippen LogP contribution in [0.25, 0.3) is 0 Å². The number of nitrogens with zero attached hydrogens (tertiary/aromatic N) is 2. The highest BCUT2D eigenvalue weighted by Gasteiger charge is 2.14. The second-order valence-corrected chi connectivity index (χ2v) is 7.11. The molecule has 134 valence electrons. The molecule has 0 aliphatic heterocycles. The summed E-state index contributed by atoms with van der Waals surface area (Å²) in [6, 6.07) is 9.42. The standard InChI is InChI=1S/C16H11F3N4OS2/c17-9-4-1-2-7-12(9)20-15-22-23-16(26-15)25-8-13(24)21-14-10(18)5-3-6-11(14)19/h1-7H,8H2,(H,20,22)(H,21,24). The van der Waals surface area contributed by atoms with E-state index in [0.717, 1.165) is 35.2 Å². The third-order valence-corrected chi connectivity index (χ3v) is 5.05. The van der Waals surface area contributed by atoms with Crippen molar-refractivity contribution in [3.05, 3.63) is 59.9 Å². The Kier molecular flexibility index (Phi) is 5.74. The summed E-state index contributed by atoms with van der Waals surface area (Å²) in [7, 11) is 0. The zero-order valence-electron chi connectivity index (χ0n) is 13.0. The minimum absolute atomic E-state index is 0.109. The Hall–Kier alpha value is -2.59. The normalized spacial score (nSPS) is 10.6. The fraction of sp³-hybridized carbons (Fsp3) is 0.0625. The zero-order chi connectivity index (χ0) is 18.5. The van der Waals surface area contributed by atoms with E-state index in [1.54, 1.807) is 18.2 Å². The van der Waals surface area contributed by atoms with Crippen molar-refractivity contribution in [1.82, 2.24) is 10.2 Å². The predicted molar refractivity (Wildman–Crippen MR) is 95.3 cm³/mol. The number of carbonyl (C=O) groups is 1. The number of aromatic nitrogens is 2. The van der Waals surface area contributed by atoms with Gasteiger partial charge in [0.25, 0.3) is 0 Å². The lowest BCUT2D eigenvalue weighted by Crippen LogP contribution is -2.16. The van der Waals surface area contributed by atoms with Crippen LogP contribution in [0, 0.1) is 17.5 Å². The van der Waals surface area contributed by atoms with Crippen molar-refractivity contribution < 1.29 is 18.0 Å². The number of anilines is 3. The second kappa shape index (κ2) is 8.19. The lowest BCUT2D eigenvalue weighted by molar-refractivity contribution is -0.113. The molecule has 0 bridgehead atoms. The van der Waals surface area contributed by atoms with Crippen LogP contribution in [0.2, 0.25) is 0 Å². The third-order valence-electron chi connectivity index (χ3n) is 3.08. The maximum Gasteiger partial charge on any atom is 0.234 e. The fourth-order valence-electron chi connectivity index (χ4n) is 1.92. The summed E-state index contributed by atoms with van der Waals surface area (Å²) in [5.74, 6) is -2.82. The molecular weight excluding hydrogens is 385 g/mol. The van der Waals surface area contributed by atoms with Crippen LogP contribution in [0.15, 0.2) is 46.8 Å². The summed E-state index contributed by atoms with van der Waals surface area (Å²) < 4.78 is 41.0. The Balaban J connectivity index is 1.56. The Labute approximate surface area is 154 Å². The second-order valence-electron chi connectivity index (χ2n) is 4.91. The molecule has 0 spiro atoms. The van der Waals surface area contributed by atoms with E-state index in [0.29, 0.717) is 9.47 Å². The van der Waals surface area contributed by atoms with Gasteiger partial charge in [0.15, 0.2) is 4.34 Å². The van der Waals surface area contributed by atoms with E-state index in [9.17, 15) is 18.0 Å². The van der Waals surface area contributed by atoms with Crippen LogP contribution in [0.4, 0.5) is 29.7 Å². The first kappa shape index (κ1) is 18.2. The van der Waals surface area contributed by atoms with Crippen molar-refractivity contribution in [2.45, 2.75) is 4.34 Å². The van der Waals surface area contributed by atoms with E-state index in [-0.39, 0.29) is 11.4 Å². The largest absolute Gasteiger partial charge is 0.328 e. The topological polar surface area (TPSA) is 66.9 Å². The van der Waals surface area contributed by atoms with Crippen LogP contribution in [-0.4, -0.2) is 21.9 Å². The summed E-state index contributed by atoms with van der Waals surface area (Å²) in [4.78, 5) is 11.9. The van der Waals surface area contributed by atoms with Gasteiger partial charge in [0.1, 0.15) is 23.1 Å². The molecule has 0 atom stereocenters. The van der Waals surface area contributed by atoms with Crippen LogP contribution in [0.3, 0.4) is 0 Å². The Morgan fingerprint density at radius 2 is 1.69 bits per heavy atom. The molecule has 26 heavy (non-hydrogen) atoms. The number of para-hydroxylation sites is 2. The zero-order valence-corrected chi connectivity index (χ0v) is 14.6. The van der Waals surface area contributed by atoms with Crippen LogP contribution in [0.1, 0.15) is 0 Å². The van der Waals surface area contributed by atoms with E-state index in [1.165, 1.54) is 12.1 Å². The maximum absolute atomic E-state index is 13.6. The first-order valence-corrected chi connectivity index (χ1v) is 9.05. The molecular formula is C16H11F3N4OS2. The molecule has 0 saturated heterocycles. The van der Waals surface area contributed by atoms with Crippen molar-refractivity contribution in [1.29, 1.82) is 0 Å². The number of carbonyl (C=O) groups excluding carboxylic acids is 1. The molecule has 0 aliphatic rings. The van der Waals surface area contributed by atoms with Gasteiger partial charge in [-0.15, -0.1) is 10.2 Å². The average Bonchev–Trinajstić information content (AvgIpc) is 3.06. The summed E-state index contributed by atoms with van der Waals surface area (Å²) in [5, 5.41) is 13.1. The van der Waals surface area contributed by atoms with Crippen LogP contribution in [-0.2, 0) is 4.79 Å². The molecule has 3 rings (SSSR count). The molecule has 0 saturated carbocycles. The van der Waals surface area contributed by atoms with E-state index >= 15 is 0 Å². The van der Waals surface area contributed by atoms with Gasteiger partial charge in [0.05, 0.1) is 11.4 Å². The lowest BCUT2D eigenvalue weighted by atomic mass is 10.3. The molecule has 1 amide bonds. The average molecular weight is 396 g/mol. The number of nitrogens with one attached hydrogen (secondary N) is 2. The van der Waals surface area contributed by atoms with Gasteiger partial charge in [-0.2, -0.15) is 0 Å². The van der Waals surface area contributed by atoms with Gasteiger partial charge in [0, 0.05) is 0 Å². The maximum atomic E-state index is 13.6. The highest BCUT2D eigenvalue weighted by Crippen LogP contribution is 2.28. The van der Waals surface area contributed by atoms with Gasteiger partial charge in [-0.05, 0) is 24.3 Å². The summed E-state index contributed by atoms with van der Waals surface area (Å²) in [6.07, 6.45) is 0. The molecule has 0 aliphatic carbocycles. The van der Waals surface area contributed by atoms with Crippen molar-refractivity contribution >= 4 is 45.5 Å². The number of thioether (sulfide) groups is 1. The van der Waals surface area contributed by atoms with Crippen LogP contribution in [0.5, 0.6) is 0 Å². The number of halogens is 3. The monoisotopic (exact) mass is 396 g/mol. The fourth-order valence-corrected chi connectivity index (χ4v) is 3.48. The molecule has 5 nitrogen and oxygen atoms in total. The van der Waals surface area contributed by atoms with E-state index in [4.69, 9.17) is 0 Å². The van der Waals surface area contributed by atoms with Gasteiger partial charge in [0.2, 0.25) is 11.0 Å². The van der Waals surface area contributed by atoms with Gasteiger partial charge in [-0.1, -0.05) is 41.3 Å². The van der Waals surface area contributed by atoms with Crippen LogP contribution >= 0.6 is 23.1 Å². The quantitative estimate of drug-likeness (QED) is 0.604. The Bertz CT molecular complexity index is 915. The SMILES string of the molecule is O=C(CSc1nnc(Nc2ccccc2F)s1)Nc1c(F)cccc1F. The summed E-state index contributed by atoms with van der Waals surface area (Å²) in [6.45, 7) is 0. The molecule has 2 aromatic carbocycles. The molecule has 0 fully saturated rings. The number of rotatable bonds is 6. The molecule has 1 heterocycles.